The molecule has 2 N–H and O–H groups in total. The fraction of sp³-hybridized carbons (Fsp3) is 0.556. The van der Waals surface area contributed by atoms with Gasteiger partial charge in [0.2, 0.25) is 5.91 Å². The van der Waals surface area contributed by atoms with Gasteiger partial charge in [0.25, 0.3) is 0 Å². The average molecular weight is 346 g/mol. The smallest absolute Gasteiger partial charge is 0.320 e. The number of nitrogens with one attached hydrogen (secondary N) is 1. The first-order valence-corrected chi connectivity index (χ1v) is 8.81. The van der Waals surface area contributed by atoms with Crippen LogP contribution in [-0.2, 0) is 11.3 Å². The highest BCUT2D eigenvalue weighted by Gasteiger charge is 2.28. The third kappa shape index (κ3) is 4.63. The van der Waals surface area contributed by atoms with Gasteiger partial charge in [0.05, 0.1) is 0 Å². The number of urea groups is 1. The van der Waals surface area contributed by atoms with Crippen molar-refractivity contribution in [1.82, 2.24) is 20.0 Å². The van der Waals surface area contributed by atoms with E-state index < -0.39 is 0 Å². The first kappa shape index (κ1) is 17.5. The van der Waals surface area contributed by atoms with Crippen LogP contribution in [0.1, 0.15) is 18.4 Å². The second-order valence-corrected chi connectivity index (χ2v) is 6.91. The highest BCUT2D eigenvalue weighted by molar-refractivity contribution is 5.85. The van der Waals surface area contributed by atoms with Crippen molar-refractivity contribution in [1.29, 1.82) is 0 Å². The highest BCUT2D eigenvalue weighted by Crippen LogP contribution is 2.17. The summed E-state index contributed by atoms with van der Waals surface area (Å²) in [5.41, 5.74) is 1.10. The van der Waals surface area contributed by atoms with Crippen LogP contribution in [0.4, 0.5) is 4.79 Å². The zero-order chi connectivity index (χ0) is 17.8. The number of nitrogens with zero attached hydrogens (tertiary/aromatic N) is 3. The van der Waals surface area contributed by atoms with E-state index in [-0.39, 0.29) is 24.5 Å². The van der Waals surface area contributed by atoms with Crippen molar-refractivity contribution in [3.05, 3.63) is 29.8 Å². The fourth-order valence-electron chi connectivity index (χ4n) is 3.45. The highest BCUT2D eigenvalue weighted by atomic mass is 16.3. The van der Waals surface area contributed by atoms with Gasteiger partial charge < -0.3 is 20.2 Å². The maximum Gasteiger partial charge on any atom is 0.320 e. The Morgan fingerprint density at radius 2 is 2.00 bits per heavy atom. The largest absolute Gasteiger partial charge is 0.508 e. The maximum absolute atomic E-state index is 12.2. The van der Waals surface area contributed by atoms with Gasteiger partial charge in [-0.25, -0.2) is 4.79 Å². The molecule has 0 saturated carbocycles. The molecule has 7 heteroatoms. The lowest BCUT2D eigenvalue weighted by atomic mass is 10.0. The summed E-state index contributed by atoms with van der Waals surface area (Å²) in [4.78, 5) is 29.5. The molecule has 2 fully saturated rings. The molecule has 7 nitrogen and oxygen atoms in total. The van der Waals surface area contributed by atoms with Crippen molar-refractivity contribution in [2.24, 2.45) is 0 Å². The summed E-state index contributed by atoms with van der Waals surface area (Å²) in [6, 6.07) is 7.43. The van der Waals surface area contributed by atoms with Crippen LogP contribution in [0.5, 0.6) is 5.75 Å². The standard InChI is InChI=1S/C18H26N4O3/c1-20-9-10-22(18(20)25)13-17(24)19-15-5-7-21(8-6-15)12-14-3-2-4-16(23)11-14/h2-4,11,15,23H,5-10,12-13H2,1H3,(H,19,24). The summed E-state index contributed by atoms with van der Waals surface area (Å²) < 4.78 is 0. The topological polar surface area (TPSA) is 76.1 Å². The monoisotopic (exact) mass is 346 g/mol. The lowest BCUT2D eigenvalue weighted by Crippen LogP contribution is -2.47. The Morgan fingerprint density at radius 3 is 2.64 bits per heavy atom. The molecule has 1 aromatic rings. The van der Waals surface area contributed by atoms with Crippen LogP contribution in [0, 0.1) is 0 Å². The molecule has 0 radical (unpaired) electrons. The predicted octanol–water partition coefficient (Wildman–Crippen LogP) is 0.840. The number of hydrogen-bond donors (Lipinski definition) is 2. The predicted molar refractivity (Wildman–Crippen MR) is 94.1 cm³/mol. The van der Waals surface area contributed by atoms with Crippen LogP contribution in [0.15, 0.2) is 24.3 Å². The van der Waals surface area contributed by atoms with E-state index in [0.29, 0.717) is 18.8 Å². The molecule has 0 aromatic heterocycles. The zero-order valence-electron chi connectivity index (χ0n) is 14.6. The summed E-state index contributed by atoms with van der Waals surface area (Å²) in [6.07, 6.45) is 1.80. The average Bonchev–Trinajstić information content (AvgIpc) is 2.89. The Bertz CT molecular complexity index is 629. The minimum Gasteiger partial charge on any atom is -0.508 e. The number of piperidine rings is 1. The van der Waals surface area contributed by atoms with Crippen molar-refractivity contribution >= 4 is 11.9 Å². The molecule has 3 rings (SSSR count). The summed E-state index contributed by atoms with van der Waals surface area (Å²) >= 11 is 0. The summed E-state index contributed by atoms with van der Waals surface area (Å²) in [7, 11) is 1.75. The molecule has 2 heterocycles. The van der Waals surface area contributed by atoms with Crippen molar-refractivity contribution < 1.29 is 14.7 Å². The normalized spacial score (nSPS) is 19.5. The number of hydrogen-bond acceptors (Lipinski definition) is 4. The van der Waals surface area contributed by atoms with Crippen LogP contribution < -0.4 is 5.32 Å². The van der Waals surface area contributed by atoms with Crippen LogP contribution >= 0.6 is 0 Å². The van der Waals surface area contributed by atoms with Gasteiger partial charge in [-0.05, 0) is 30.5 Å². The Hall–Kier alpha value is -2.28. The van der Waals surface area contributed by atoms with Gasteiger partial charge in [0.15, 0.2) is 0 Å². The summed E-state index contributed by atoms with van der Waals surface area (Å²) in [6.45, 7) is 4.07. The van der Waals surface area contributed by atoms with E-state index in [2.05, 4.69) is 10.2 Å². The molecule has 0 atom stereocenters. The SMILES string of the molecule is CN1CCN(CC(=O)NC2CCN(Cc3cccc(O)c3)CC2)C1=O. The Labute approximate surface area is 148 Å². The van der Waals surface area contributed by atoms with E-state index in [0.717, 1.165) is 38.0 Å². The summed E-state index contributed by atoms with van der Waals surface area (Å²) in [5, 5.41) is 12.6. The first-order chi connectivity index (χ1) is 12.0. The van der Waals surface area contributed by atoms with Crippen molar-refractivity contribution in [2.45, 2.75) is 25.4 Å². The molecule has 3 amide bonds. The third-order valence-electron chi connectivity index (χ3n) is 4.91. The van der Waals surface area contributed by atoms with Gasteiger partial charge in [0.1, 0.15) is 12.3 Å². The van der Waals surface area contributed by atoms with Crippen LogP contribution in [-0.4, -0.2) is 77.6 Å². The maximum atomic E-state index is 12.2. The van der Waals surface area contributed by atoms with E-state index in [1.54, 1.807) is 29.0 Å². The molecule has 2 aliphatic rings. The number of benzene rings is 1. The Balaban J connectivity index is 1.40. The molecule has 0 spiro atoms. The number of carbonyl (C=O) groups is 2. The molecular weight excluding hydrogens is 320 g/mol. The zero-order valence-corrected chi connectivity index (χ0v) is 14.6. The number of likely N-dealkylation sites (N-methyl/N-ethyl adjacent to an activating group) is 1. The molecule has 2 aliphatic heterocycles. The quantitative estimate of drug-likeness (QED) is 0.828. The molecule has 0 aliphatic carbocycles. The van der Waals surface area contributed by atoms with Gasteiger partial charge in [-0.1, -0.05) is 12.1 Å². The van der Waals surface area contributed by atoms with Gasteiger partial charge in [-0.2, -0.15) is 0 Å². The fourth-order valence-corrected chi connectivity index (χ4v) is 3.45. The minimum absolute atomic E-state index is 0.0731. The van der Waals surface area contributed by atoms with Crippen LogP contribution in [0.2, 0.25) is 0 Å². The van der Waals surface area contributed by atoms with Crippen molar-refractivity contribution in [2.75, 3.05) is 39.8 Å². The second kappa shape index (κ2) is 7.74. The van der Waals surface area contributed by atoms with Crippen LogP contribution in [0.25, 0.3) is 0 Å². The number of aromatic hydroxyl groups is 1. The summed E-state index contributed by atoms with van der Waals surface area (Å²) in [5.74, 6) is 0.219. The number of carbonyl (C=O) groups excluding carboxylic acids is 2. The van der Waals surface area contributed by atoms with Crippen molar-refractivity contribution in [3.8, 4) is 5.75 Å². The van der Waals surface area contributed by atoms with E-state index in [9.17, 15) is 14.7 Å². The molecular formula is C18H26N4O3. The van der Waals surface area contributed by atoms with Gasteiger partial charge in [-0.15, -0.1) is 0 Å². The molecule has 0 unspecified atom stereocenters. The minimum atomic E-state index is -0.0740. The second-order valence-electron chi connectivity index (χ2n) is 6.91. The number of amides is 3. The molecule has 1 aromatic carbocycles. The lowest BCUT2D eigenvalue weighted by Gasteiger charge is -2.32. The molecule has 2 saturated heterocycles. The van der Waals surface area contributed by atoms with E-state index in [1.807, 2.05) is 12.1 Å². The number of rotatable bonds is 5. The van der Waals surface area contributed by atoms with Gasteiger partial charge in [0, 0.05) is 45.8 Å². The van der Waals surface area contributed by atoms with E-state index in [4.69, 9.17) is 0 Å². The van der Waals surface area contributed by atoms with Crippen molar-refractivity contribution in [3.63, 3.8) is 0 Å². The van der Waals surface area contributed by atoms with Gasteiger partial charge >= 0.3 is 6.03 Å². The molecule has 136 valence electrons. The molecule has 25 heavy (non-hydrogen) atoms. The Kier molecular flexibility index (Phi) is 5.43. The van der Waals surface area contributed by atoms with E-state index in [1.165, 1.54) is 0 Å². The number of phenolic OH excluding ortho intramolecular Hbond substituents is 1. The van der Waals surface area contributed by atoms with Crippen LogP contribution in [0.3, 0.4) is 0 Å². The Morgan fingerprint density at radius 1 is 1.24 bits per heavy atom. The van der Waals surface area contributed by atoms with Gasteiger partial charge in [-0.3, -0.25) is 9.69 Å². The third-order valence-corrected chi connectivity index (χ3v) is 4.91. The number of phenols is 1. The number of likely N-dealkylation sites (tertiary alicyclic amines) is 1. The van der Waals surface area contributed by atoms with E-state index >= 15 is 0 Å². The first-order valence-electron chi connectivity index (χ1n) is 8.81. The molecule has 0 bridgehead atoms. The lowest BCUT2D eigenvalue weighted by molar-refractivity contribution is -0.122.